The van der Waals surface area contributed by atoms with Gasteiger partial charge in [0, 0.05) is 17.5 Å². The Kier molecular flexibility index (Phi) is 8.85. The molecule has 0 radical (unpaired) electrons. The maximum Gasteiger partial charge on any atom is 0.244 e. The molecule has 0 bridgehead atoms. The van der Waals surface area contributed by atoms with Gasteiger partial charge in [0.15, 0.2) is 0 Å². The van der Waals surface area contributed by atoms with Crippen molar-refractivity contribution in [2.24, 2.45) is 0 Å². The molecule has 5 nitrogen and oxygen atoms in total. The number of hydrogen-bond donors (Lipinski definition) is 0. The van der Waals surface area contributed by atoms with E-state index in [9.17, 15) is 17.6 Å². The number of carbonyl (C=O) groups excluding carboxylic acids is 1. The fourth-order valence-electron chi connectivity index (χ4n) is 4.24. The molecule has 1 amide bonds. The van der Waals surface area contributed by atoms with Crippen molar-refractivity contribution in [2.75, 3.05) is 6.54 Å². The van der Waals surface area contributed by atoms with Crippen LogP contribution in [0.4, 0.5) is 4.39 Å². The van der Waals surface area contributed by atoms with Gasteiger partial charge >= 0.3 is 0 Å². The van der Waals surface area contributed by atoms with E-state index in [1.54, 1.807) is 30.9 Å². The molecule has 8 heteroatoms. The highest BCUT2D eigenvalue weighted by molar-refractivity contribution is 7.89. The van der Waals surface area contributed by atoms with E-state index in [0.717, 1.165) is 16.0 Å². The minimum Gasteiger partial charge on any atom is -0.332 e. The van der Waals surface area contributed by atoms with Crippen molar-refractivity contribution < 1.29 is 17.6 Å². The van der Waals surface area contributed by atoms with Gasteiger partial charge in [-0.1, -0.05) is 42.8 Å². The first kappa shape index (κ1) is 27.0. The summed E-state index contributed by atoms with van der Waals surface area (Å²) in [5.74, 6) is -0.642. The topological polar surface area (TPSA) is 57.7 Å². The zero-order chi connectivity index (χ0) is 25.8. The molecule has 1 atom stereocenters. The number of rotatable bonds is 10. The molecule has 0 spiro atoms. The van der Waals surface area contributed by atoms with E-state index in [-0.39, 0.29) is 35.8 Å². The summed E-state index contributed by atoms with van der Waals surface area (Å²) in [5.41, 5.74) is 3.11. The molecular formula is C27H33FN2O3S2. The number of carbonyl (C=O) groups is 1. The Morgan fingerprint density at radius 3 is 2.20 bits per heavy atom. The third kappa shape index (κ3) is 6.57. The number of nitrogens with zero attached hydrogens (tertiary/aromatic N) is 2. The summed E-state index contributed by atoms with van der Waals surface area (Å²) in [5, 5.41) is 1.94. The van der Waals surface area contributed by atoms with Crippen LogP contribution in [0.25, 0.3) is 0 Å². The summed E-state index contributed by atoms with van der Waals surface area (Å²) in [7, 11) is -3.92. The van der Waals surface area contributed by atoms with Gasteiger partial charge in [-0.2, -0.15) is 4.31 Å². The fourth-order valence-corrected chi connectivity index (χ4v) is 7.03. The van der Waals surface area contributed by atoms with Crippen LogP contribution >= 0.6 is 11.3 Å². The van der Waals surface area contributed by atoms with E-state index in [0.29, 0.717) is 24.1 Å². The third-order valence-corrected chi connectivity index (χ3v) is 9.24. The number of sulfonamides is 1. The largest absolute Gasteiger partial charge is 0.332 e. The van der Waals surface area contributed by atoms with Gasteiger partial charge in [0.25, 0.3) is 0 Å². The Morgan fingerprint density at radius 1 is 1.03 bits per heavy atom. The number of benzene rings is 2. The lowest BCUT2D eigenvalue weighted by Crippen LogP contribution is -2.46. The van der Waals surface area contributed by atoms with Crippen molar-refractivity contribution >= 4 is 27.3 Å². The van der Waals surface area contributed by atoms with Gasteiger partial charge in [-0.05, 0) is 74.4 Å². The molecule has 3 aromatic rings. The molecule has 35 heavy (non-hydrogen) atoms. The minimum atomic E-state index is -3.92. The second-order valence-electron chi connectivity index (χ2n) is 8.99. The minimum absolute atomic E-state index is 0.258. The molecule has 1 heterocycles. The fraction of sp³-hybridized carbons (Fsp3) is 0.370. The van der Waals surface area contributed by atoms with Crippen LogP contribution in [0, 0.1) is 26.6 Å². The average Bonchev–Trinajstić information content (AvgIpc) is 3.30. The summed E-state index contributed by atoms with van der Waals surface area (Å²) >= 11 is 1.53. The quantitative estimate of drug-likeness (QED) is 0.341. The van der Waals surface area contributed by atoms with Crippen LogP contribution in [0.2, 0.25) is 0 Å². The average molecular weight is 517 g/mol. The molecular weight excluding hydrogens is 483 g/mol. The van der Waals surface area contributed by atoms with Crippen molar-refractivity contribution in [3.05, 3.63) is 86.9 Å². The van der Waals surface area contributed by atoms with Crippen LogP contribution in [-0.2, 0) is 27.9 Å². The first-order valence-electron chi connectivity index (χ1n) is 11.7. The number of amides is 1. The van der Waals surface area contributed by atoms with Crippen LogP contribution in [-0.4, -0.2) is 36.1 Å². The molecule has 0 saturated heterocycles. The van der Waals surface area contributed by atoms with Crippen molar-refractivity contribution in [1.82, 2.24) is 9.21 Å². The monoisotopic (exact) mass is 516 g/mol. The van der Waals surface area contributed by atoms with Crippen molar-refractivity contribution in [3.63, 3.8) is 0 Å². The number of hydrogen-bond acceptors (Lipinski definition) is 4. The van der Waals surface area contributed by atoms with E-state index in [1.807, 2.05) is 50.4 Å². The zero-order valence-corrected chi connectivity index (χ0v) is 22.5. The molecule has 0 aliphatic carbocycles. The predicted molar refractivity (Wildman–Crippen MR) is 139 cm³/mol. The summed E-state index contributed by atoms with van der Waals surface area (Å²) in [4.78, 5) is 16.5. The standard InChI is InChI=1S/C27H33FN2O3S2/c1-6-22(5)30(35(32,33)27-20(3)14-19(2)15-21(27)4)18-26(31)29(17-25-8-7-13-34-25)16-23-9-11-24(28)12-10-23/h7-15,22H,6,16-18H2,1-5H3. The molecule has 0 saturated carbocycles. The second-order valence-corrected chi connectivity index (χ2v) is 11.9. The summed E-state index contributed by atoms with van der Waals surface area (Å²) in [6.07, 6.45) is 0.569. The van der Waals surface area contributed by atoms with Gasteiger partial charge in [-0.25, -0.2) is 12.8 Å². The second kappa shape index (κ2) is 11.5. The predicted octanol–water partition coefficient (Wildman–Crippen LogP) is 5.83. The molecule has 0 aliphatic heterocycles. The van der Waals surface area contributed by atoms with Crippen LogP contribution in [0.1, 0.15) is 47.4 Å². The molecule has 0 N–H and O–H groups in total. The zero-order valence-electron chi connectivity index (χ0n) is 20.9. The van der Waals surface area contributed by atoms with Crippen molar-refractivity contribution in [3.8, 4) is 0 Å². The van der Waals surface area contributed by atoms with E-state index in [2.05, 4.69) is 0 Å². The lowest BCUT2D eigenvalue weighted by atomic mass is 10.1. The molecule has 0 aliphatic rings. The Morgan fingerprint density at radius 2 is 1.66 bits per heavy atom. The third-order valence-electron chi connectivity index (χ3n) is 6.11. The highest BCUT2D eigenvalue weighted by Crippen LogP contribution is 2.28. The molecule has 0 fully saturated rings. The lowest BCUT2D eigenvalue weighted by Gasteiger charge is -2.31. The lowest BCUT2D eigenvalue weighted by molar-refractivity contribution is -0.133. The Hall–Kier alpha value is -2.55. The Balaban J connectivity index is 1.95. The van der Waals surface area contributed by atoms with Crippen LogP contribution in [0.15, 0.2) is 58.8 Å². The summed E-state index contributed by atoms with van der Waals surface area (Å²) in [6.45, 7) is 9.60. The number of aryl methyl sites for hydroxylation is 3. The normalized spacial score (nSPS) is 12.7. The van der Waals surface area contributed by atoms with Gasteiger partial charge in [0.05, 0.1) is 18.0 Å². The Bertz CT molecular complexity index is 1230. The van der Waals surface area contributed by atoms with Gasteiger partial charge in [-0.3, -0.25) is 4.79 Å². The number of halogens is 1. The summed E-state index contributed by atoms with van der Waals surface area (Å²) in [6, 6.07) is 13.2. The van der Waals surface area contributed by atoms with Crippen LogP contribution in [0.5, 0.6) is 0 Å². The smallest absolute Gasteiger partial charge is 0.244 e. The molecule has 1 aromatic heterocycles. The van der Waals surface area contributed by atoms with E-state index in [4.69, 9.17) is 0 Å². The SMILES string of the molecule is CCC(C)N(CC(=O)N(Cc1ccc(F)cc1)Cc1cccs1)S(=O)(=O)c1c(C)cc(C)cc1C. The van der Waals surface area contributed by atoms with Crippen molar-refractivity contribution in [1.29, 1.82) is 0 Å². The van der Waals surface area contributed by atoms with Gasteiger partial charge in [0.2, 0.25) is 15.9 Å². The van der Waals surface area contributed by atoms with E-state index >= 15 is 0 Å². The maximum absolute atomic E-state index is 13.9. The molecule has 1 unspecified atom stereocenters. The highest BCUT2D eigenvalue weighted by atomic mass is 32.2. The Labute approximate surface area is 212 Å². The first-order chi connectivity index (χ1) is 16.5. The molecule has 3 rings (SSSR count). The van der Waals surface area contributed by atoms with Gasteiger partial charge in [-0.15, -0.1) is 11.3 Å². The maximum atomic E-state index is 13.9. The van der Waals surface area contributed by atoms with E-state index < -0.39 is 10.0 Å². The van der Waals surface area contributed by atoms with E-state index in [1.165, 1.54) is 27.8 Å². The molecule has 2 aromatic carbocycles. The van der Waals surface area contributed by atoms with Gasteiger partial charge in [0.1, 0.15) is 5.82 Å². The summed E-state index contributed by atoms with van der Waals surface area (Å²) < 4.78 is 42.5. The first-order valence-corrected chi connectivity index (χ1v) is 14.0. The molecule has 188 valence electrons. The highest BCUT2D eigenvalue weighted by Gasteiger charge is 2.34. The van der Waals surface area contributed by atoms with Crippen LogP contribution < -0.4 is 0 Å². The van der Waals surface area contributed by atoms with Crippen LogP contribution in [0.3, 0.4) is 0 Å². The van der Waals surface area contributed by atoms with Gasteiger partial charge < -0.3 is 4.90 Å². The number of thiophene rings is 1. The van der Waals surface area contributed by atoms with Crippen molar-refractivity contribution in [2.45, 2.75) is 65.1 Å².